The second kappa shape index (κ2) is 6.83. The minimum atomic E-state index is -3.79. The number of rotatable bonds is 5. The molecule has 0 heterocycles. The van der Waals surface area contributed by atoms with Crippen LogP contribution in [-0.4, -0.2) is 21.0 Å². The second-order valence-electron chi connectivity index (χ2n) is 5.14. The largest absolute Gasteiger partial charge is 0.462 e. The third-order valence-corrected chi connectivity index (χ3v) is 4.81. The summed E-state index contributed by atoms with van der Waals surface area (Å²) in [6.45, 7) is 5.54. The van der Waals surface area contributed by atoms with Gasteiger partial charge >= 0.3 is 5.97 Å². The zero-order valence-corrected chi connectivity index (χ0v) is 14.1. The zero-order chi connectivity index (χ0) is 17.0. The lowest BCUT2D eigenvalue weighted by Gasteiger charge is -2.13. The molecule has 6 heteroatoms. The summed E-state index contributed by atoms with van der Waals surface area (Å²) in [5.41, 5.74) is 2.01. The number of carbonyl (C=O) groups is 1. The van der Waals surface area contributed by atoms with Crippen LogP contribution in [0.4, 0.5) is 5.69 Å². The number of hydrogen-bond donors (Lipinski definition) is 1. The molecule has 23 heavy (non-hydrogen) atoms. The molecule has 122 valence electrons. The number of carbonyl (C=O) groups excluding carboxylic acids is 1. The molecule has 0 aliphatic carbocycles. The Morgan fingerprint density at radius 1 is 1.13 bits per heavy atom. The molecule has 0 aliphatic heterocycles. The fraction of sp³-hybridized carbons (Fsp3) is 0.235. The van der Waals surface area contributed by atoms with Crippen LogP contribution in [0, 0.1) is 13.8 Å². The molecular formula is C17H19NO4S. The third-order valence-electron chi connectivity index (χ3n) is 3.29. The van der Waals surface area contributed by atoms with Crippen molar-refractivity contribution in [2.45, 2.75) is 25.7 Å². The molecule has 0 unspecified atom stereocenters. The molecule has 0 radical (unpaired) electrons. The van der Waals surface area contributed by atoms with Crippen molar-refractivity contribution in [2.24, 2.45) is 0 Å². The first-order chi connectivity index (χ1) is 10.8. The van der Waals surface area contributed by atoms with Gasteiger partial charge in [-0.1, -0.05) is 29.8 Å². The van der Waals surface area contributed by atoms with Crippen LogP contribution in [0.3, 0.4) is 0 Å². The smallest absolute Gasteiger partial charge is 0.340 e. The standard InChI is InChI=1S/C17H19NO4S/c1-4-22-17(19)14-7-5-6-8-15(14)18-23(20,21)16-10-9-12(2)11-13(16)3/h5-11,18H,4H2,1-3H3. The van der Waals surface area contributed by atoms with Crippen molar-refractivity contribution in [1.82, 2.24) is 0 Å². The molecule has 0 fully saturated rings. The summed E-state index contributed by atoms with van der Waals surface area (Å²) in [5, 5.41) is 0. The summed E-state index contributed by atoms with van der Waals surface area (Å²) >= 11 is 0. The topological polar surface area (TPSA) is 72.5 Å². The number of aryl methyl sites for hydroxylation is 2. The minimum absolute atomic E-state index is 0.182. The molecular weight excluding hydrogens is 314 g/mol. The van der Waals surface area contributed by atoms with Crippen molar-refractivity contribution in [3.63, 3.8) is 0 Å². The normalized spacial score (nSPS) is 11.1. The highest BCUT2D eigenvalue weighted by molar-refractivity contribution is 7.92. The van der Waals surface area contributed by atoms with Crippen molar-refractivity contribution in [3.8, 4) is 0 Å². The number of esters is 1. The zero-order valence-electron chi connectivity index (χ0n) is 13.3. The Morgan fingerprint density at radius 2 is 1.83 bits per heavy atom. The summed E-state index contributed by atoms with van der Waals surface area (Å²) in [6.07, 6.45) is 0. The van der Waals surface area contributed by atoms with Crippen LogP contribution in [0.15, 0.2) is 47.4 Å². The van der Waals surface area contributed by atoms with Gasteiger partial charge in [-0.25, -0.2) is 13.2 Å². The molecule has 0 spiro atoms. The van der Waals surface area contributed by atoms with Crippen LogP contribution in [0.2, 0.25) is 0 Å². The minimum Gasteiger partial charge on any atom is -0.462 e. The summed E-state index contributed by atoms with van der Waals surface area (Å²) < 4.78 is 32.6. The molecule has 0 saturated heterocycles. The molecule has 2 aromatic rings. The average Bonchev–Trinajstić information content (AvgIpc) is 2.47. The first-order valence-corrected chi connectivity index (χ1v) is 8.69. The number of benzene rings is 2. The van der Waals surface area contributed by atoms with E-state index in [1.165, 1.54) is 12.1 Å². The lowest BCUT2D eigenvalue weighted by molar-refractivity contribution is 0.0527. The Morgan fingerprint density at radius 3 is 2.48 bits per heavy atom. The lowest BCUT2D eigenvalue weighted by Crippen LogP contribution is -2.17. The van der Waals surface area contributed by atoms with Crippen LogP contribution in [0.1, 0.15) is 28.4 Å². The van der Waals surface area contributed by atoms with Crippen LogP contribution >= 0.6 is 0 Å². The van der Waals surface area contributed by atoms with Crippen molar-refractivity contribution < 1.29 is 17.9 Å². The van der Waals surface area contributed by atoms with Gasteiger partial charge in [0, 0.05) is 0 Å². The van der Waals surface area contributed by atoms with E-state index in [0.29, 0.717) is 5.56 Å². The van der Waals surface area contributed by atoms with Crippen LogP contribution in [0.5, 0.6) is 0 Å². The number of nitrogens with one attached hydrogen (secondary N) is 1. The van der Waals surface area contributed by atoms with Crippen LogP contribution in [-0.2, 0) is 14.8 Å². The van der Waals surface area contributed by atoms with Crippen molar-refractivity contribution >= 4 is 21.7 Å². The number of para-hydroxylation sites is 1. The van der Waals surface area contributed by atoms with Gasteiger partial charge in [0.2, 0.25) is 0 Å². The Hall–Kier alpha value is -2.34. The molecule has 0 amide bonds. The van der Waals surface area contributed by atoms with E-state index in [9.17, 15) is 13.2 Å². The van der Waals surface area contributed by atoms with E-state index in [-0.39, 0.29) is 22.8 Å². The molecule has 0 saturated carbocycles. The van der Waals surface area contributed by atoms with E-state index in [2.05, 4.69) is 4.72 Å². The highest BCUT2D eigenvalue weighted by Gasteiger charge is 2.20. The van der Waals surface area contributed by atoms with Gasteiger partial charge < -0.3 is 4.74 Å². The van der Waals surface area contributed by atoms with Crippen LogP contribution in [0.25, 0.3) is 0 Å². The molecule has 5 nitrogen and oxygen atoms in total. The maximum Gasteiger partial charge on any atom is 0.340 e. The Labute approximate surface area is 136 Å². The number of ether oxygens (including phenoxy) is 1. The Balaban J connectivity index is 2.40. The number of anilines is 1. The van der Waals surface area contributed by atoms with Gasteiger partial charge in [0.1, 0.15) is 0 Å². The van der Waals surface area contributed by atoms with Crippen LogP contribution < -0.4 is 4.72 Å². The number of sulfonamides is 1. The van der Waals surface area contributed by atoms with E-state index >= 15 is 0 Å². The van der Waals surface area contributed by atoms with Gasteiger partial charge in [-0.15, -0.1) is 0 Å². The Kier molecular flexibility index (Phi) is 5.05. The van der Waals surface area contributed by atoms with Crippen molar-refractivity contribution in [1.29, 1.82) is 0 Å². The van der Waals surface area contributed by atoms with Gasteiger partial charge in [0.25, 0.3) is 10.0 Å². The summed E-state index contributed by atoms with van der Waals surface area (Å²) in [6, 6.07) is 11.5. The summed E-state index contributed by atoms with van der Waals surface area (Å²) in [4.78, 5) is 12.1. The molecule has 2 rings (SSSR count). The first kappa shape index (κ1) is 17.0. The molecule has 0 atom stereocenters. The van der Waals surface area contributed by atoms with Gasteiger partial charge in [-0.3, -0.25) is 4.72 Å². The number of hydrogen-bond acceptors (Lipinski definition) is 4. The maximum absolute atomic E-state index is 12.6. The van der Waals surface area contributed by atoms with Gasteiger partial charge in [-0.05, 0) is 44.5 Å². The van der Waals surface area contributed by atoms with Gasteiger partial charge in [0.15, 0.2) is 0 Å². The Bertz CT molecular complexity index is 828. The quantitative estimate of drug-likeness (QED) is 0.852. The van der Waals surface area contributed by atoms with Gasteiger partial charge in [0.05, 0.1) is 22.8 Å². The molecule has 0 bridgehead atoms. The fourth-order valence-electron chi connectivity index (χ4n) is 2.26. The summed E-state index contributed by atoms with van der Waals surface area (Å²) in [5.74, 6) is -0.563. The third kappa shape index (κ3) is 3.90. The van der Waals surface area contributed by atoms with E-state index in [1.54, 1.807) is 44.2 Å². The fourth-order valence-corrected chi connectivity index (χ4v) is 3.57. The van der Waals surface area contributed by atoms with E-state index < -0.39 is 16.0 Å². The molecule has 2 aromatic carbocycles. The maximum atomic E-state index is 12.6. The highest BCUT2D eigenvalue weighted by Crippen LogP contribution is 2.23. The monoisotopic (exact) mass is 333 g/mol. The second-order valence-corrected chi connectivity index (χ2v) is 6.79. The van der Waals surface area contributed by atoms with E-state index in [0.717, 1.165) is 5.56 Å². The van der Waals surface area contributed by atoms with Crippen molar-refractivity contribution in [2.75, 3.05) is 11.3 Å². The predicted octanol–water partition coefficient (Wildman–Crippen LogP) is 3.28. The van der Waals surface area contributed by atoms with E-state index in [1.807, 2.05) is 6.92 Å². The SMILES string of the molecule is CCOC(=O)c1ccccc1NS(=O)(=O)c1ccc(C)cc1C. The summed E-state index contributed by atoms with van der Waals surface area (Å²) in [7, 11) is -3.79. The molecule has 0 aromatic heterocycles. The molecule has 0 aliphatic rings. The van der Waals surface area contributed by atoms with Gasteiger partial charge in [-0.2, -0.15) is 0 Å². The van der Waals surface area contributed by atoms with Crippen molar-refractivity contribution in [3.05, 3.63) is 59.2 Å². The average molecular weight is 333 g/mol. The predicted molar refractivity (Wildman–Crippen MR) is 89.1 cm³/mol. The lowest BCUT2D eigenvalue weighted by atomic mass is 10.2. The first-order valence-electron chi connectivity index (χ1n) is 7.21. The molecule has 1 N–H and O–H groups in total. The highest BCUT2D eigenvalue weighted by atomic mass is 32.2. The van der Waals surface area contributed by atoms with E-state index in [4.69, 9.17) is 4.74 Å².